The Morgan fingerprint density at radius 3 is 2.88 bits per heavy atom. The highest BCUT2D eigenvalue weighted by atomic mass is 16.5. The fourth-order valence-electron chi connectivity index (χ4n) is 1.89. The molecule has 0 fully saturated rings. The number of hydrogen-bond acceptors (Lipinski definition) is 3. The van der Waals surface area contributed by atoms with Crippen LogP contribution in [0.3, 0.4) is 0 Å². The van der Waals surface area contributed by atoms with Gasteiger partial charge in [-0.1, -0.05) is 0 Å². The Morgan fingerprint density at radius 1 is 1.18 bits per heavy atom. The van der Waals surface area contributed by atoms with Gasteiger partial charge < -0.3 is 9.72 Å². The lowest BCUT2D eigenvalue weighted by atomic mass is 10.3. The topological polar surface area (TPSA) is 50.8 Å². The second-order valence-corrected chi connectivity index (χ2v) is 4.26. The van der Waals surface area contributed by atoms with E-state index in [2.05, 4.69) is 15.0 Å². The third kappa shape index (κ3) is 1.71. The van der Waals surface area contributed by atoms with Gasteiger partial charge in [0.1, 0.15) is 5.52 Å². The van der Waals surface area contributed by atoms with E-state index in [0.717, 1.165) is 21.9 Å². The van der Waals surface area contributed by atoms with Gasteiger partial charge in [-0.2, -0.15) is 0 Å². The maximum Gasteiger partial charge on any atom is 0.214 e. The molecule has 0 amide bonds. The number of fused-ring (bicyclic) bond motifs is 3. The summed E-state index contributed by atoms with van der Waals surface area (Å²) >= 11 is 0. The number of hydrogen-bond donors (Lipinski definition) is 1. The lowest BCUT2D eigenvalue weighted by Gasteiger charge is -2.07. The first-order chi connectivity index (χ1) is 8.24. The molecular formula is C13H13N3O. The van der Waals surface area contributed by atoms with E-state index < -0.39 is 0 Å². The summed E-state index contributed by atoms with van der Waals surface area (Å²) in [5, 5.41) is 1.02. The van der Waals surface area contributed by atoms with Crippen molar-refractivity contribution in [3.05, 3.63) is 30.6 Å². The number of pyridine rings is 2. The van der Waals surface area contributed by atoms with E-state index >= 15 is 0 Å². The molecule has 0 saturated heterocycles. The van der Waals surface area contributed by atoms with E-state index in [0.29, 0.717) is 5.88 Å². The van der Waals surface area contributed by atoms with Crippen LogP contribution in [-0.4, -0.2) is 21.1 Å². The molecule has 0 aliphatic rings. The summed E-state index contributed by atoms with van der Waals surface area (Å²) in [6.45, 7) is 3.98. The van der Waals surface area contributed by atoms with E-state index in [-0.39, 0.29) is 6.10 Å². The Hall–Kier alpha value is -2.10. The molecule has 17 heavy (non-hydrogen) atoms. The summed E-state index contributed by atoms with van der Waals surface area (Å²) in [7, 11) is 0. The fraction of sp³-hybridized carbons (Fsp3) is 0.231. The van der Waals surface area contributed by atoms with E-state index in [1.54, 1.807) is 6.20 Å². The highest BCUT2D eigenvalue weighted by Crippen LogP contribution is 2.24. The maximum absolute atomic E-state index is 5.60. The van der Waals surface area contributed by atoms with Gasteiger partial charge in [0, 0.05) is 23.8 Å². The second kappa shape index (κ2) is 3.73. The Bertz CT molecular complexity index is 673. The van der Waals surface area contributed by atoms with Crippen molar-refractivity contribution in [2.24, 2.45) is 0 Å². The molecule has 0 bridgehead atoms. The molecule has 0 saturated carbocycles. The first-order valence-electron chi connectivity index (χ1n) is 5.63. The average molecular weight is 227 g/mol. The van der Waals surface area contributed by atoms with E-state index in [1.807, 2.05) is 38.2 Å². The molecule has 3 heterocycles. The standard InChI is InChI=1S/C13H13N3O/c1-8(2)17-12-4-3-11-13(16-12)9-7-14-6-5-10(9)15-11/h3-8,15H,1-2H3. The molecule has 1 N–H and O–H groups in total. The van der Waals surface area contributed by atoms with Crippen LogP contribution in [0.5, 0.6) is 5.88 Å². The Balaban J connectivity index is 2.23. The third-order valence-corrected chi connectivity index (χ3v) is 2.57. The molecular weight excluding hydrogens is 214 g/mol. The summed E-state index contributed by atoms with van der Waals surface area (Å²) in [4.78, 5) is 11.9. The van der Waals surface area contributed by atoms with Crippen LogP contribution in [0.1, 0.15) is 13.8 Å². The zero-order valence-corrected chi connectivity index (χ0v) is 9.77. The largest absolute Gasteiger partial charge is 0.475 e. The van der Waals surface area contributed by atoms with Crippen molar-refractivity contribution in [3.8, 4) is 5.88 Å². The van der Waals surface area contributed by atoms with Gasteiger partial charge in [0.15, 0.2) is 0 Å². The van der Waals surface area contributed by atoms with Crippen molar-refractivity contribution in [3.63, 3.8) is 0 Å². The molecule has 0 spiro atoms. The first kappa shape index (κ1) is 10.1. The minimum absolute atomic E-state index is 0.128. The molecule has 0 atom stereocenters. The van der Waals surface area contributed by atoms with E-state index in [4.69, 9.17) is 4.74 Å². The summed E-state index contributed by atoms with van der Waals surface area (Å²) in [6.07, 6.45) is 3.71. The van der Waals surface area contributed by atoms with Crippen molar-refractivity contribution < 1.29 is 4.74 Å². The zero-order valence-electron chi connectivity index (χ0n) is 9.77. The SMILES string of the molecule is CC(C)Oc1ccc2[nH]c3ccncc3c2n1. The van der Waals surface area contributed by atoms with Gasteiger partial charge in [-0.3, -0.25) is 4.98 Å². The van der Waals surface area contributed by atoms with Crippen LogP contribution >= 0.6 is 0 Å². The quantitative estimate of drug-likeness (QED) is 0.732. The molecule has 3 rings (SSSR count). The van der Waals surface area contributed by atoms with Gasteiger partial charge in [-0.15, -0.1) is 0 Å². The number of nitrogens with zero attached hydrogens (tertiary/aromatic N) is 2. The molecule has 4 heteroatoms. The van der Waals surface area contributed by atoms with Crippen LogP contribution in [0.25, 0.3) is 21.9 Å². The molecule has 0 unspecified atom stereocenters. The van der Waals surface area contributed by atoms with E-state index in [1.165, 1.54) is 0 Å². The van der Waals surface area contributed by atoms with E-state index in [9.17, 15) is 0 Å². The number of rotatable bonds is 2. The van der Waals surface area contributed by atoms with Gasteiger partial charge in [0.25, 0.3) is 0 Å². The lowest BCUT2D eigenvalue weighted by molar-refractivity contribution is 0.233. The molecule has 0 aliphatic carbocycles. The summed E-state index contributed by atoms with van der Waals surface area (Å²) in [5.74, 6) is 0.650. The lowest BCUT2D eigenvalue weighted by Crippen LogP contribution is -2.06. The minimum atomic E-state index is 0.128. The molecule has 4 nitrogen and oxygen atoms in total. The Kier molecular flexibility index (Phi) is 2.21. The first-order valence-corrected chi connectivity index (χ1v) is 5.63. The van der Waals surface area contributed by atoms with Gasteiger partial charge in [0.2, 0.25) is 5.88 Å². The number of aromatic amines is 1. The predicted octanol–water partition coefficient (Wildman–Crippen LogP) is 2.90. The van der Waals surface area contributed by atoms with Crippen LogP contribution in [0.15, 0.2) is 30.6 Å². The smallest absolute Gasteiger partial charge is 0.214 e. The van der Waals surface area contributed by atoms with Crippen LogP contribution in [-0.2, 0) is 0 Å². The molecule has 0 aliphatic heterocycles. The van der Waals surface area contributed by atoms with Crippen molar-refractivity contribution >= 4 is 21.9 Å². The predicted molar refractivity (Wildman–Crippen MR) is 67.2 cm³/mol. The normalized spacial score (nSPS) is 11.5. The fourth-order valence-corrected chi connectivity index (χ4v) is 1.89. The van der Waals surface area contributed by atoms with Crippen molar-refractivity contribution in [2.45, 2.75) is 20.0 Å². The molecule has 0 radical (unpaired) electrons. The van der Waals surface area contributed by atoms with Gasteiger partial charge in [-0.05, 0) is 26.0 Å². The van der Waals surface area contributed by atoms with Crippen LogP contribution < -0.4 is 4.74 Å². The second-order valence-electron chi connectivity index (χ2n) is 4.26. The maximum atomic E-state index is 5.60. The van der Waals surface area contributed by atoms with Crippen LogP contribution in [0.2, 0.25) is 0 Å². The average Bonchev–Trinajstić information content (AvgIpc) is 2.66. The van der Waals surface area contributed by atoms with Gasteiger partial charge in [0.05, 0.1) is 17.1 Å². The number of ether oxygens (including phenoxy) is 1. The molecule has 3 aromatic heterocycles. The van der Waals surface area contributed by atoms with Crippen LogP contribution in [0, 0.1) is 0 Å². The molecule has 3 aromatic rings. The third-order valence-electron chi connectivity index (χ3n) is 2.57. The monoisotopic (exact) mass is 227 g/mol. The Labute approximate surface area is 98.7 Å². The number of nitrogens with one attached hydrogen (secondary N) is 1. The van der Waals surface area contributed by atoms with Crippen molar-refractivity contribution in [2.75, 3.05) is 0 Å². The van der Waals surface area contributed by atoms with Crippen molar-refractivity contribution in [1.82, 2.24) is 15.0 Å². The highest BCUT2D eigenvalue weighted by molar-refractivity contribution is 6.04. The molecule has 86 valence electrons. The highest BCUT2D eigenvalue weighted by Gasteiger charge is 2.07. The minimum Gasteiger partial charge on any atom is -0.475 e. The number of H-pyrrole nitrogens is 1. The zero-order chi connectivity index (χ0) is 11.8. The summed E-state index contributed by atoms with van der Waals surface area (Å²) in [5.41, 5.74) is 2.96. The van der Waals surface area contributed by atoms with Gasteiger partial charge in [-0.25, -0.2) is 4.98 Å². The van der Waals surface area contributed by atoms with Gasteiger partial charge >= 0.3 is 0 Å². The summed E-state index contributed by atoms with van der Waals surface area (Å²) < 4.78 is 5.60. The summed E-state index contributed by atoms with van der Waals surface area (Å²) in [6, 6.07) is 5.81. The van der Waals surface area contributed by atoms with Crippen molar-refractivity contribution in [1.29, 1.82) is 0 Å². The molecule has 0 aromatic carbocycles. The Morgan fingerprint density at radius 2 is 2.06 bits per heavy atom. The number of aromatic nitrogens is 3. The van der Waals surface area contributed by atoms with Crippen LogP contribution in [0.4, 0.5) is 0 Å².